The molecule has 0 saturated heterocycles. The van der Waals surface area contributed by atoms with Crippen molar-refractivity contribution in [3.63, 3.8) is 0 Å². The normalized spacial score (nSPS) is 11.4. The van der Waals surface area contributed by atoms with Crippen LogP contribution >= 0.6 is 12.2 Å². The van der Waals surface area contributed by atoms with Crippen LogP contribution in [0.3, 0.4) is 0 Å². The molecule has 3 heterocycles. The Hall–Kier alpha value is -3.84. The third-order valence-corrected chi connectivity index (χ3v) is 4.92. The Labute approximate surface area is 171 Å². The van der Waals surface area contributed by atoms with Crippen LogP contribution in [0.5, 0.6) is 0 Å². The number of nitrogens with one attached hydrogen (secondary N) is 2. The van der Waals surface area contributed by atoms with Crippen molar-refractivity contribution in [3.05, 3.63) is 89.3 Å². The van der Waals surface area contributed by atoms with Crippen LogP contribution in [0.2, 0.25) is 0 Å². The molecule has 0 aliphatic rings. The van der Waals surface area contributed by atoms with Gasteiger partial charge in [0.15, 0.2) is 0 Å². The summed E-state index contributed by atoms with van der Waals surface area (Å²) in [5.41, 5.74) is 4.82. The summed E-state index contributed by atoms with van der Waals surface area (Å²) < 4.78 is 2.00. The molecule has 29 heavy (non-hydrogen) atoms. The molecule has 0 unspecified atom stereocenters. The van der Waals surface area contributed by atoms with Crippen LogP contribution in [0, 0.1) is 4.77 Å². The summed E-state index contributed by atoms with van der Waals surface area (Å²) in [5, 5.41) is 12.8. The summed E-state index contributed by atoms with van der Waals surface area (Å²) in [6.07, 6.45) is 3.53. The first kappa shape index (κ1) is 17.3. The van der Waals surface area contributed by atoms with E-state index in [1.165, 1.54) is 0 Å². The zero-order valence-corrected chi connectivity index (χ0v) is 16.1. The molecule has 0 saturated carbocycles. The SMILES string of the molecule is S=c1[nH]nc(-c2ccccn2)n1/N=C/c1c(-c2ccccc2)[nH]c2ccccc12. The quantitative estimate of drug-likeness (QED) is 0.330. The summed E-state index contributed by atoms with van der Waals surface area (Å²) in [4.78, 5) is 7.86. The van der Waals surface area contributed by atoms with Crippen LogP contribution in [-0.2, 0) is 0 Å². The molecule has 0 spiro atoms. The third-order valence-electron chi connectivity index (χ3n) is 4.66. The molecular formula is C22H16N6S. The van der Waals surface area contributed by atoms with E-state index in [4.69, 9.17) is 12.2 Å². The minimum absolute atomic E-state index is 0.406. The number of nitrogens with zero attached hydrogens (tertiary/aromatic N) is 4. The molecule has 5 aromatic rings. The standard InChI is InChI=1S/C22H16N6S/c29-22-27-26-21(19-12-6-7-13-23-19)28(22)24-14-17-16-10-4-5-11-18(16)25-20(17)15-8-2-1-3-9-15/h1-14,25H,(H,27,29)/b24-14+. The molecule has 6 nitrogen and oxygen atoms in total. The van der Waals surface area contributed by atoms with Gasteiger partial charge in [0, 0.05) is 22.7 Å². The number of benzene rings is 2. The fraction of sp³-hybridized carbons (Fsp3) is 0. The van der Waals surface area contributed by atoms with Gasteiger partial charge in [-0.15, -0.1) is 0 Å². The van der Waals surface area contributed by atoms with E-state index < -0.39 is 0 Å². The van der Waals surface area contributed by atoms with E-state index in [0.29, 0.717) is 16.3 Å². The Balaban J connectivity index is 1.66. The van der Waals surface area contributed by atoms with Crippen molar-refractivity contribution in [2.24, 2.45) is 5.10 Å². The largest absolute Gasteiger partial charge is 0.354 e. The Morgan fingerprint density at radius 2 is 1.72 bits per heavy atom. The van der Waals surface area contributed by atoms with Crippen molar-refractivity contribution in [1.82, 2.24) is 24.8 Å². The predicted molar refractivity (Wildman–Crippen MR) is 117 cm³/mol. The molecule has 0 atom stereocenters. The van der Waals surface area contributed by atoms with Gasteiger partial charge in [0.1, 0.15) is 5.69 Å². The van der Waals surface area contributed by atoms with Crippen LogP contribution in [0.15, 0.2) is 84.1 Å². The number of rotatable bonds is 4. The highest BCUT2D eigenvalue weighted by atomic mass is 32.1. The molecule has 0 fully saturated rings. The van der Waals surface area contributed by atoms with Gasteiger partial charge in [-0.05, 0) is 36.0 Å². The minimum atomic E-state index is 0.406. The fourth-order valence-electron chi connectivity index (χ4n) is 3.31. The third kappa shape index (κ3) is 3.17. The van der Waals surface area contributed by atoms with Crippen LogP contribution in [0.4, 0.5) is 0 Å². The zero-order chi connectivity index (χ0) is 19.6. The Kier molecular flexibility index (Phi) is 4.34. The number of aromatic nitrogens is 5. The van der Waals surface area contributed by atoms with E-state index in [-0.39, 0.29) is 0 Å². The fourth-order valence-corrected chi connectivity index (χ4v) is 3.48. The number of pyridine rings is 1. The summed E-state index contributed by atoms with van der Waals surface area (Å²) in [5.74, 6) is 0.563. The lowest BCUT2D eigenvalue weighted by atomic mass is 10.1. The van der Waals surface area contributed by atoms with E-state index in [9.17, 15) is 0 Å². The van der Waals surface area contributed by atoms with Gasteiger partial charge in [0.2, 0.25) is 10.6 Å². The number of aromatic amines is 2. The summed E-state index contributed by atoms with van der Waals surface area (Å²) in [6.45, 7) is 0. The van der Waals surface area contributed by atoms with Gasteiger partial charge in [-0.1, -0.05) is 54.6 Å². The molecule has 7 heteroatoms. The lowest BCUT2D eigenvalue weighted by Crippen LogP contribution is -1.97. The summed E-state index contributed by atoms with van der Waals surface area (Å²) in [6, 6.07) is 24.0. The van der Waals surface area contributed by atoms with Gasteiger partial charge < -0.3 is 4.98 Å². The molecular weight excluding hydrogens is 380 g/mol. The van der Waals surface area contributed by atoms with Crippen LogP contribution < -0.4 is 0 Å². The number of H-pyrrole nitrogens is 2. The molecule has 0 amide bonds. The van der Waals surface area contributed by atoms with Gasteiger partial charge in [-0.25, -0.2) is 5.10 Å². The number of fused-ring (bicyclic) bond motifs is 1. The topological polar surface area (TPSA) is 74.7 Å². The van der Waals surface area contributed by atoms with Gasteiger partial charge in [-0.2, -0.15) is 14.9 Å². The van der Waals surface area contributed by atoms with E-state index in [2.05, 4.69) is 49.5 Å². The van der Waals surface area contributed by atoms with Crippen molar-refractivity contribution in [1.29, 1.82) is 0 Å². The van der Waals surface area contributed by atoms with Crippen molar-refractivity contribution >= 4 is 29.3 Å². The van der Waals surface area contributed by atoms with E-state index in [1.807, 2.05) is 54.7 Å². The van der Waals surface area contributed by atoms with E-state index >= 15 is 0 Å². The second-order valence-electron chi connectivity index (χ2n) is 6.45. The second-order valence-corrected chi connectivity index (χ2v) is 6.84. The summed E-state index contributed by atoms with van der Waals surface area (Å²) >= 11 is 5.39. The van der Waals surface area contributed by atoms with Crippen molar-refractivity contribution in [2.75, 3.05) is 0 Å². The van der Waals surface area contributed by atoms with E-state index in [0.717, 1.165) is 27.7 Å². The molecule has 3 aromatic heterocycles. The number of hydrogen-bond donors (Lipinski definition) is 2. The van der Waals surface area contributed by atoms with Gasteiger partial charge in [0.05, 0.1) is 11.9 Å². The second kappa shape index (κ2) is 7.29. The highest BCUT2D eigenvalue weighted by Gasteiger charge is 2.13. The highest BCUT2D eigenvalue weighted by molar-refractivity contribution is 7.71. The maximum absolute atomic E-state index is 5.39. The first-order valence-electron chi connectivity index (χ1n) is 9.10. The minimum Gasteiger partial charge on any atom is -0.354 e. The van der Waals surface area contributed by atoms with E-state index in [1.54, 1.807) is 10.9 Å². The molecule has 0 aliphatic carbocycles. The molecule has 0 aliphatic heterocycles. The molecule has 140 valence electrons. The smallest absolute Gasteiger partial charge is 0.216 e. The van der Waals surface area contributed by atoms with Crippen molar-refractivity contribution < 1.29 is 0 Å². The van der Waals surface area contributed by atoms with Gasteiger partial charge >= 0.3 is 0 Å². The molecule has 2 N–H and O–H groups in total. The monoisotopic (exact) mass is 396 g/mol. The van der Waals surface area contributed by atoms with Crippen LogP contribution in [0.1, 0.15) is 5.56 Å². The molecule has 2 aromatic carbocycles. The average Bonchev–Trinajstić information content (AvgIpc) is 3.34. The molecule has 0 bridgehead atoms. The lowest BCUT2D eigenvalue weighted by Gasteiger charge is -2.02. The number of hydrogen-bond acceptors (Lipinski definition) is 4. The summed E-state index contributed by atoms with van der Waals surface area (Å²) in [7, 11) is 0. The maximum Gasteiger partial charge on any atom is 0.216 e. The van der Waals surface area contributed by atoms with Gasteiger partial charge in [0.25, 0.3) is 0 Å². The first-order valence-corrected chi connectivity index (χ1v) is 9.51. The van der Waals surface area contributed by atoms with Crippen molar-refractivity contribution in [3.8, 4) is 22.8 Å². The van der Waals surface area contributed by atoms with Crippen molar-refractivity contribution in [2.45, 2.75) is 0 Å². The maximum atomic E-state index is 5.39. The number of para-hydroxylation sites is 1. The van der Waals surface area contributed by atoms with Crippen LogP contribution in [-0.4, -0.2) is 31.1 Å². The molecule has 5 rings (SSSR count). The predicted octanol–water partition coefficient (Wildman–Crippen LogP) is 5.03. The zero-order valence-electron chi connectivity index (χ0n) is 15.3. The first-order chi connectivity index (χ1) is 14.3. The highest BCUT2D eigenvalue weighted by Crippen LogP contribution is 2.29. The Bertz CT molecular complexity index is 1360. The van der Waals surface area contributed by atoms with Crippen LogP contribution in [0.25, 0.3) is 33.7 Å². The Morgan fingerprint density at radius 1 is 0.931 bits per heavy atom. The lowest BCUT2D eigenvalue weighted by molar-refractivity contribution is 0.867. The van der Waals surface area contributed by atoms with Gasteiger partial charge in [-0.3, -0.25) is 4.98 Å². The molecule has 0 radical (unpaired) electrons. The average molecular weight is 396 g/mol. The Morgan fingerprint density at radius 3 is 2.55 bits per heavy atom.